The maximum Gasteiger partial charge on any atom is 0.277 e. The monoisotopic (exact) mass is 347 g/mol. The highest BCUT2D eigenvalue weighted by Crippen LogP contribution is 2.20. The molecule has 0 saturated heterocycles. The molecule has 0 unspecified atom stereocenters. The SMILES string of the molecule is Cc1ccc(OCC(=O)N/N=C/c2cc([N+](=O)[O-])ccc2Cl)cc1. The summed E-state index contributed by atoms with van der Waals surface area (Å²) in [6, 6.07) is 11.2. The number of nitrogens with zero attached hydrogens (tertiary/aromatic N) is 2. The molecule has 0 spiro atoms. The summed E-state index contributed by atoms with van der Waals surface area (Å²) in [6.07, 6.45) is 1.24. The van der Waals surface area contributed by atoms with Gasteiger partial charge in [0, 0.05) is 22.7 Å². The quantitative estimate of drug-likeness (QED) is 0.493. The summed E-state index contributed by atoms with van der Waals surface area (Å²) in [6.45, 7) is 1.74. The summed E-state index contributed by atoms with van der Waals surface area (Å²) in [5, 5.41) is 14.7. The van der Waals surface area contributed by atoms with E-state index in [2.05, 4.69) is 10.5 Å². The van der Waals surface area contributed by atoms with E-state index in [1.807, 2.05) is 19.1 Å². The van der Waals surface area contributed by atoms with Crippen LogP contribution < -0.4 is 10.2 Å². The summed E-state index contributed by atoms with van der Waals surface area (Å²) in [4.78, 5) is 21.8. The third kappa shape index (κ3) is 5.06. The lowest BCUT2D eigenvalue weighted by Crippen LogP contribution is -2.24. The standard InChI is InChI=1S/C16H14ClN3O4/c1-11-2-5-14(6-3-11)24-10-16(21)19-18-9-12-8-13(20(22)23)4-7-15(12)17/h2-9H,10H2,1H3,(H,19,21)/b18-9+. The van der Waals surface area contributed by atoms with Gasteiger partial charge in [-0.15, -0.1) is 0 Å². The van der Waals surface area contributed by atoms with Crippen LogP contribution in [0.2, 0.25) is 5.02 Å². The Balaban J connectivity index is 1.89. The van der Waals surface area contributed by atoms with Crippen LogP contribution in [0.15, 0.2) is 47.6 Å². The molecule has 0 aliphatic rings. The molecule has 0 heterocycles. The van der Waals surface area contributed by atoms with E-state index in [9.17, 15) is 14.9 Å². The molecule has 0 aliphatic carbocycles. The van der Waals surface area contributed by atoms with Gasteiger partial charge in [0.25, 0.3) is 11.6 Å². The fourth-order valence-electron chi connectivity index (χ4n) is 1.73. The van der Waals surface area contributed by atoms with Crippen LogP contribution in [0.5, 0.6) is 5.75 Å². The van der Waals surface area contributed by atoms with Gasteiger partial charge in [0.2, 0.25) is 0 Å². The number of aryl methyl sites for hydroxylation is 1. The Morgan fingerprint density at radius 1 is 1.33 bits per heavy atom. The van der Waals surface area contributed by atoms with Gasteiger partial charge in [-0.05, 0) is 25.1 Å². The van der Waals surface area contributed by atoms with Crippen molar-refractivity contribution in [3.05, 3.63) is 68.7 Å². The van der Waals surface area contributed by atoms with Gasteiger partial charge < -0.3 is 4.74 Å². The number of carbonyl (C=O) groups is 1. The first kappa shape index (κ1) is 17.4. The smallest absolute Gasteiger partial charge is 0.277 e. The zero-order valence-corrected chi connectivity index (χ0v) is 13.5. The minimum Gasteiger partial charge on any atom is -0.484 e. The summed E-state index contributed by atoms with van der Waals surface area (Å²) >= 11 is 5.92. The molecule has 0 aliphatic heterocycles. The summed E-state index contributed by atoms with van der Waals surface area (Å²) in [5.41, 5.74) is 3.56. The van der Waals surface area contributed by atoms with Gasteiger partial charge in [-0.3, -0.25) is 14.9 Å². The molecule has 7 nitrogen and oxygen atoms in total. The average Bonchev–Trinajstić information content (AvgIpc) is 2.56. The number of halogens is 1. The van der Waals surface area contributed by atoms with Crippen molar-refractivity contribution in [2.45, 2.75) is 6.92 Å². The lowest BCUT2D eigenvalue weighted by Gasteiger charge is -2.05. The Labute approximate surface area is 143 Å². The summed E-state index contributed by atoms with van der Waals surface area (Å²) in [7, 11) is 0. The molecule has 0 aromatic heterocycles. The maximum atomic E-state index is 11.6. The number of hydrogen-bond acceptors (Lipinski definition) is 5. The topological polar surface area (TPSA) is 93.8 Å². The molecule has 2 aromatic carbocycles. The number of amides is 1. The lowest BCUT2D eigenvalue weighted by atomic mass is 10.2. The van der Waals surface area contributed by atoms with E-state index < -0.39 is 10.8 Å². The second kappa shape index (κ2) is 8.07. The number of hydrogen-bond donors (Lipinski definition) is 1. The fraction of sp³-hybridized carbons (Fsp3) is 0.125. The number of nitrogens with one attached hydrogen (secondary N) is 1. The van der Waals surface area contributed by atoms with Gasteiger partial charge in [-0.25, -0.2) is 5.43 Å². The van der Waals surface area contributed by atoms with Crippen molar-refractivity contribution in [2.75, 3.05) is 6.61 Å². The molecule has 0 bridgehead atoms. The van der Waals surface area contributed by atoms with E-state index in [1.54, 1.807) is 12.1 Å². The number of benzene rings is 2. The van der Waals surface area contributed by atoms with Gasteiger partial charge >= 0.3 is 0 Å². The van der Waals surface area contributed by atoms with Gasteiger partial charge in [0.15, 0.2) is 6.61 Å². The first-order valence-electron chi connectivity index (χ1n) is 6.91. The zero-order chi connectivity index (χ0) is 17.5. The third-order valence-corrected chi connectivity index (χ3v) is 3.32. The minimum atomic E-state index is -0.540. The molecular weight excluding hydrogens is 334 g/mol. The number of hydrazone groups is 1. The molecule has 0 fully saturated rings. The molecule has 0 saturated carbocycles. The molecule has 24 heavy (non-hydrogen) atoms. The Kier molecular flexibility index (Phi) is 5.86. The largest absolute Gasteiger partial charge is 0.484 e. The van der Waals surface area contributed by atoms with Crippen LogP contribution in [-0.4, -0.2) is 23.7 Å². The fourth-order valence-corrected chi connectivity index (χ4v) is 1.90. The van der Waals surface area contributed by atoms with E-state index in [0.717, 1.165) is 5.56 Å². The van der Waals surface area contributed by atoms with Crippen LogP contribution in [0.3, 0.4) is 0 Å². The predicted molar refractivity (Wildman–Crippen MR) is 90.5 cm³/mol. The lowest BCUT2D eigenvalue weighted by molar-refractivity contribution is -0.384. The van der Waals surface area contributed by atoms with E-state index in [4.69, 9.17) is 16.3 Å². The van der Waals surface area contributed by atoms with Gasteiger partial charge in [0.05, 0.1) is 11.1 Å². The molecular formula is C16H14ClN3O4. The summed E-state index contributed by atoms with van der Waals surface area (Å²) < 4.78 is 5.30. The molecule has 1 N–H and O–H groups in total. The Hall–Kier alpha value is -2.93. The highest BCUT2D eigenvalue weighted by Gasteiger charge is 2.08. The first-order valence-corrected chi connectivity index (χ1v) is 7.29. The second-order valence-electron chi connectivity index (χ2n) is 4.86. The first-order chi connectivity index (χ1) is 11.5. The van der Waals surface area contributed by atoms with Crippen LogP contribution in [0.1, 0.15) is 11.1 Å². The third-order valence-electron chi connectivity index (χ3n) is 2.97. The van der Waals surface area contributed by atoms with Crippen molar-refractivity contribution < 1.29 is 14.5 Å². The zero-order valence-electron chi connectivity index (χ0n) is 12.7. The predicted octanol–water partition coefficient (Wildman–Crippen LogP) is 3.09. The number of ether oxygens (including phenoxy) is 1. The van der Waals surface area contributed by atoms with Crippen LogP contribution in [0.4, 0.5) is 5.69 Å². The summed E-state index contributed by atoms with van der Waals surface area (Å²) in [5.74, 6) is 0.106. The van der Waals surface area contributed by atoms with Crippen molar-refractivity contribution in [1.82, 2.24) is 5.43 Å². The Bertz CT molecular complexity index is 775. The number of rotatable bonds is 6. The normalized spacial score (nSPS) is 10.6. The van der Waals surface area contributed by atoms with Crippen LogP contribution in [-0.2, 0) is 4.79 Å². The number of nitro benzene ring substituents is 1. The van der Waals surface area contributed by atoms with E-state index >= 15 is 0 Å². The minimum absolute atomic E-state index is 0.116. The van der Waals surface area contributed by atoms with E-state index in [-0.39, 0.29) is 17.3 Å². The van der Waals surface area contributed by atoms with Crippen molar-refractivity contribution in [3.63, 3.8) is 0 Å². The van der Waals surface area contributed by atoms with Crippen molar-refractivity contribution in [1.29, 1.82) is 0 Å². The van der Waals surface area contributed by atoms with Crippen LogP contribution >= 0.6 is 11.6 Å². The van der Waals surface area contributed by atoms with Gasteiger partial charge in [-0.2, -0.15) is 5.10 Å². The van der Waals surface area contributed by atoms with E-state index in [0.29, 0.717) is 11.3 Å². The molecule has 2 aromatic rings. The second-order valence-corrected chi connectivity index (χ2v) is 5.27. The Morgan fingerprint density at radius 3 is 2.71 bits per heavy atom. The molecule has 8 heteroatoms. The van der Waals surface area contributed by atoms with Gasteiger partial charge in [-0.1, -0.05) is 29.3 Å². The van der Waals surface area contributed by atoms with Crippen molar-refractivity contribution >= 4 is 29.4 Å². The van der Waals surface area contributed by atoms with Crippen molar-refractivity contribution in [2.24, 2.45) is 5.10 Å². The molecule has 124 valence electrons. The van der Waals surface area contributed by atoms with Crippen LogP contribution in [0.25, 0.3) is 0 Å². The number of carbonyl (C=O) groups excluding carboxylic acids is 1. The highest BCUT2D eigenvalue weighted by atomic mass is 35.5. The average molecular weight is 348 g/mol. The molecule has 0 atom stereocenters. The van der Waals surface area contributed by atoms with Gasteiger partial charge in [0.1, 0.15) is 5.75 Å². The molecule has 0 radical (unpaired) electrons. The molecule has 1 amide bonds. The number of nitro groups is 1. The van der Waals surface area contributed by atoms with E-state index in [1.165, 1.54) is 24.4 Å². The number of non-ortho nitro benzene ring substituents is 1. The van der Waals surface area contributed by atoms with Crippen molar-refractivity contribution in [3.8, 4) is 5.75 Å². The molecule has 2 rings (SSSR count). The highest BCUT2D eigenvalue weighted by molar-refractivity contribution is 6.33. The Morgan fingerprint density at radius 2 is 2.04 bits per heavy atom. The van der Waals surface area contributed by atoms with Crippen LogP contribution in [0, 0.1) is 17.0 Å². The maximum absolute atomic E-state index is 11.6.